The molecule has 4 nitrogen and oxygen atoms in total. The van der Waals surface area contributed by atoms with E-state index in [2.05, 4.69) is 0 Å². The van der Waals surface area contributed by atoms with Crippen molar-refractivity contribution in [3.05, 3.63) is 59.4 Å². The molecule has 0 aromatic heterocycles. The quantitative estimate of drug-likeness (QED) is 0.810. The van der Waals surface area contributed by atoms with Crippen LogP contribution >= 0.6 is 0 Å². The van der Waals surface area contributed by atoms with E-state index >= 15 is 0 Å². The molecule has 1 aliphatic rings. The molecule has 0 saturated heterocycles. The second kappa shape index (κ2) is 5.32. The Morgan fingerprint density at radius 1 is 0.952 bits per heavy atom. The molecule has 0 radical (unpaired) electrons. The number of rotatable bonds is 3. The van der Waals surface area contributed by atoms with Crippen LogP contribution in [0.2, 0.25) is 0 Å². The van der Waals surface area contributed by atoms with Crippen molar-refractivity contribution in [1.82, 2.24) is 0 Å². The fraction of sp³-hybridized carbons (Fsp3) is 0.118. The van der Waals surface area contributed by atoms with Crippen molar-refractivity contribution in [3.63, 3.8) is 0 Å². The van der Waals surface area contributed by atoms with Gasteiger partial charge in [0.05, 0.1) is 19.8 Å². The van der Waals surface area contributed by atoms with Gasteiger partial charge in [0.2, 0.25) is 5.78 Å². The molecule has 106 valence electrons. The van der Waals surface area contributed by atoms with Gasteiger partial charge in [-0.2, -0.15) is 0 Å². The highest BCUT2D eigenvalue weighted by atomic mass is 16.5. The van der Waals surface area contributed by atoms with Crippen LogP contribution in [0.15, 0.2) is 48.2 Å². The van der Waals surface area contributed by atoms with E-state index in [1.165, 1.54) is 0 Å². The summed E-state index contributed by atoms with van der Waals surface area (Å²) in [7, 11) is 3.19. The molecule has 0 atom stereocenters. The predicted octanol–water partition coefficient (Wildman–Crippen LogP) is 3.32. The van der Waals surface area contributed by atoms with Crippen LogP contribution in [-0.4, -0.2) is 20.0 Å². The van der Waals surface area contributed by atoms with Gasteiger partial charge in [0.1, 0.15) is 17.2 Å². The standard InChI is InChI=1S/C17H14O4/c1-19-12-5-3-11(4-6-12)9-16-17(18)14-8-7-13(20-2)10-15(14)21-16/h3-10H,1-2H3. The smallest absolute Gasteiger partial charge is 0.231 e. The minimum absolute atomic E-state index is 0.122. The molecule has 0 amide bonds. The van der Waals surface area contributed by atoms with E-state index in [0.29, 0.717) is 22.8 Å². The van der Waals surface area contributed by atoms with Gasteiger partial charge in [0.15, 0.2) is 5.76 Å². The average Bonchev–Trinajstić information content (AvgIpc) is 2.83. The minimum Gasteiger partial charge on any atom is -0.497 e. The van der Waals surface area contributed by atoms with Crippen LogP contribution < -0.4 is 14.2 Å². The van der Waals surface area contributed by atoms with Crippen LogP contribution in [-0.2, 0) is 0 Å². The third kappa shape index (κ3) is 2.48. The first-order valence-corrected chi connectivity index (χ1v) is 6.47. The second-order valence-electron chi connectivity index (χ2n) is 4.58. The van der Waals surface area contributed by atoms with E-state index in [4.69, 9.17) is 14.2 Å². The molecule has 4 heteroatoms. The number of hydrogen-bond donors (Lipinski definition) is 0. The summed E-state index contributed by atoms with van der Waals surface area (Å²) in [6.07, 6.45) is 1.72. The molecule has 0 saturated carbocycles. The number of allylic oxidation sites excluding steroid dienone is 1. The van der Waals surface area contributed by atoms with Gasteiger partial charge in [-0.1, -0.05) is 12.1 Å². The third-order valence-electron chi connectivity index (χ3n) is 3.29. The molecule has 0 unspecified atom stereocenters. The zero-order valence-electron chi connectivity index (χ0n) is 11.8. The summed E-state index contributed by atoms with van der Waals surface area (Å²) in [4.78, 5) is 12.3. The van der Waals surface area contributed by atoms with Gasteiger partial charge < -0.3 is 14.2 Å². The van der Waals surface area contributed by atoms with Crippen molar-refractivity contribution in [2.75, 3.05) is 14.2 Å². The molecule has 1 aliphatic heterocycles. The highest BCUT2D eigenvalue weighted by Gasteiger charge is 2.27. The lowest BCUT2D eigenvalue weighted by Crippen LogP contribution is -1.97. The number of carbonyl (C=O) groups excluding carboxylic acids is 1. The summed E-state index contributed by atoms with van der Waals surface area (Å²) >= 11 is 0. The lowest BCUT2D eigenvalue weighted by molar-refractivity contribution is 0.101. The zero-order chi connectivity index (χ0) is 14.8. The fourth-order valence-corrected chi connectivity index (χ4v) is 2.15. The number of Topliss-reactive ketones (excluding diaryl/α,β-unsaturated/α-hetero) is 1. The number of hydrogen-bond acceptors (Lipinski definition) is 4. The summed E-state index contributed by atoms with van der Waals surface area (Å²) in [5, 5.41) is 0. The van der Waals surface area contributed by atoms with E-state index in [0.717, 1.165) is 11.3 Å². The number of fused-ring (bicyclic) bond motifs is 1. The van der Waals surface area contributed by atoms with Crippen LogP contribution in [0.5, 0.6) is 17.2 Å². The number of ketones is 1. The third-order valence-corrected chi connectivity index (χ3v) is 3.29. The number of benzene rings is 2. The molecular formula is C17H14O4. The molecule has 0 spiro atoms. The van der Waals surface area contributed by atoms with Crippen LogP contribution in [0.4, 0.5) is 0 Å². The molecule has 3 rings (SSSR count). The number of carbonyl (C=O) groups is 1. The summed E-state index contributed by atoms with van der Waals surface area (Å²) < 4.78 is 15.9. The van der Waals surface area contributed by atoms with Crippen molar-refractivity contribution < 1.29 is 19.0 Å². The highest BCUT2D eigenvalue weighted by molar-refractivity contribution is 6.14. The van der Waals surface area contributed by atoms with Crippen LogP contribution in [0, 0.1) is 0 Å². The van der Waals surface area contributed by atoms with E-state index in [1.807, 2.05) is 24.3 Å². The highest BCUT2D eigenvalue weighted by Crippen LogP contribution is 2.34. The topological polar surface area (TPSA) is 44.8 Å². The SMILES string of the molecule is COc1ccc(C=C2Oc3cc(OC)ccc3C2=O)cc1. The van der Waals surface area contributed by atoms with E-state index in [9.17, 15) is 4.79 Å². The molecule has 0 aliphatic carbocycles. The summed E-state index contributed by atoms with van der Waals surface area (Å²) in [5.41, 5.74) is 1.43. The van der Waals surface area contributed by atoms with Crippen LogP contribution in [0.1, 0.15) is 15.9 Å². The Balaban J connectivity index is 1.90. The predicted molar refractivity (Wildman–Crippen MR) is 78.9 cm³/mol. The molecule has 0 fully saturated rings. The Kier molecular flexibility index (Phi) is 3.36. The largest absolute Gasteiger partial charge is 0.497 e. The maximum absolute atomic E-state index is 12.3. The Morgan fingerprint density at radius 2 is 1.62 bits per heavy atom. The van der Waals surface area contributed by atoms with Crippen molar-refractivity contribution in [1.29, 1.82) is 0 Å². The zero-order valence-corrected chi connectivity index (χ0v) is 11.8. The molecular weight excluding hydrogens is 268 g/mol. The van der Waals surface area contributed by atoms with Gasteiger partial charge >= 0.3 is 0 Å². The average molecular weight is 282 g/mol. The van der Waals surface area contributed by atoms with Gasteiger partial charge in [-0.3, -0.25) is 4.79 Å². The molecule has 1 heterocycles. The first-order chi connectivity index (χ1) is 10.2. The first-order valence-electron chi connectivity index (χ1n) is 6.47. The Labute approximate surface area is 122 Å². The van der Waals surface area contributed by atoms with Crippen LogP contribution in [0.25, 0.3) is 6.08 Å². The fourth-order valence-electron chi connectivity index (χ4n) is 2.15. The van der Waals surface area contributed by atoms with Crippen molar-refractivity contribution >= 4 is 11.9 Å². The Hall–Kier alpha value is -2.75. The monoisotopic (exact) mass is 282 g/mol. The van der Waals surface area contributed by atoms with Crippen molar-refractivity contribution in [2.24, 2.45) is 0 Å². The second-order valence-corrected chi connectivity index (χ2v) is 4.58. The lowest BCUT2D eigenvalue weighted by Gasteiger charge is -2.02. The van der Waals surface area contributed by atoms with E-state index in [1.54, 1.807) is 38.5 Å². The molecule has 0 bridgehead atoms. The molecule has 2 aromatic rings. The summed E-state index contributed by atoms with van der Waals surface area (Å²) in [5.74, 6) is 2.14. The van der Waals surface area contributed by atoms with Crippen LogP contribution in [0.3, 0.4) is 0 Å². The summed E-state index contributed by atoms with van der Waals surface area (Å²) in [6, 6.07) is 12.6. The van der Waals surface area contributed by atoms with Gasteiger partial charge in [0, 0.05) is 6.07 Å². The van der Waals surface area contributed by atoms with E-state index < -0.39 is 0 Å². The molecule has 2 aromatic carbocycles. The molecule has 0 N–H and O–H groups in total. The van der Waals surface area contributed by atoms with Crippen molar-refractivity contribution in [2.45, 2.75) is 0 Å². The van der Waals surface area contributed by atoms with Gasteiger partial charge in [-0.15, -0.1) is 0 Å². The summed E-state index contributed by atoms with van der Waals surface area (Å²) in [6.45, 7) is 0. The van der Waals surface area contributed by atoms with Gasteiger partial charge in [0.25, 0.3) is 0 Å². The molecule has 21 heavy (non-hydrogen) atoms. The number of methoxy groups -OCH3 is 2. The maximum Gasteiger partial charge on any atom is 0.231 e. The van der Waals surface area contributed by atoms with Gasteiger partial charge in [-0.25, -0.2) is 0 Å². The normalized spacial score (nSPS) is 14.8. The first kappa shape index (κ1) is 13.2. The van der Waals surface area contributed by atoms with Crippen molar-refractivity contribution in [3.8, 4) is 17.2 Å². The maximum atomic E-state index is 12.3. The minimum atomic E-state index is -0.122. The Morgan fingerprint density at radius 3 is 2.29 bits per heavy atom. The lowest BCUT2D eigenvalue weighted by atomic mass is 10.1. The van der Waals surface area contributed by atoms with E-state index in [-0.39, 0.29) is 5.78 Å². The number of ether oxygens (including phenoxy) is 3. The Bertz CT molecular complexity index is 714. The van der Waals surface area contributed by atoms with Gasteiger partial charge in [-0.05, 0) is 35.9 Å².